The van der Waals surface area contributed by atoms with Gasteiger partial charge in [-0.05, 0) is 45.0 Å². The van der Waals surface area contributed by atoms with E-state index < -0.39 is 95.1 Å². The minimum absolute atomic E-state index is 0.126. The number of aliphatic hydroxyl groups is 5. The maximum atomic E-state index is 13.9. The number of ether oxygens (including phenoxy) is 4. The molecule has 10 atom stereocenters. The second-order valence-corrected chi connectivity index (χ2v) is 11.0. The number of hydrogen-bond acceptors (Lipinski definition) is 15. The highest BCUT2D eigenvalue weighted by molar-refractivity contribution is 5.88. The van der Waals surface area contributed by atoms with Gasteiger partial charge in [-0.2, -0.15) is 0 Å². The van der Waals surface area contributed by atoms with E-state index in [0.717, 1.165) is 19.9 Å². The van der Waals surface area contributed by atoms with E-state index >= 15 is 0 Å². The van der Waals surface area contributed by atoms with Gasteiger partial charge in [0.05, 0.1) is 18.1 Å². The third kappa shape index (κ3) is 5.98. The smallest absolute Gasteiger partial charge is 0.239 e. The molecular weight excluding hydrogens is 600 g/mol. The summed E-state index contributed by atoms with van der Waals surface area (Å²) in [4.78, 5) is 38.5. The lowest BCUT2D eigenvalue weighted by atomic mass is 9.83. The van der Waals surface area contributed by atoms with E-state index in [4.69, 9.17) is 23.4 Å². The molecule has 0 saturated carbocycles. The molecule has 5 rings (SSSR count). The summed E-state index contributed by atoms with van der Waals surface area (Å²) in [5.74, 6) is -6.17. The Hall–Kier alpha value is -4.09. The van der Waals surface area contributed by atoms with Gasteiger partial charge in [0.2, 0.25) is 23.8 Å². The lowest BCUT2D eigenvalue weighted by molar-refractivity contribution is -0.283. The van der Waals surface area contributed by atoms with Crippen molar-refractivity contribution in [2.75, 3.05) is 0 Å². The number of phenolic OH excluding ortho intramolecular Hbond substituents is 2. The number of carbonyl (C=O) groups is 2. The Labute approximate surface area is 254 Å². The van der Waals surface area contributed by atoms with Crippen LogP contribution in [0.1, 0.15) is 20.8 Å². The van der Waals surface area contributed by atoms with Crippen molar-refractivity contribution >= 4 is 22.5 Å². The van der Waals surface area contributed by atoms with Crippen LogP contribution >= 0.6 is 0 Å². The average Bonchev–Trinajstić information content (AvgIpc) is 2.95. The number of benzene rings is 2. The fourth-order valence-corrected chi connectivity index (χ4v) is 5.43. The number of Topliss-reactive ketones (excluding diaryl/α,β-unsaturated/α-hetero) is 2. The highest BCUT2D eigenvalue weighted by Gasteiger charge is 2.50. The largest absolute Gasteiger partial charge is 0.508 e. The molecule has 2 aliphatic heterocycles. The number of ketones is 2. The summed E-state index contributed by atoms with van der Waals surface area (Å²) in [5, 5.41) is 72.0. The van der Waals surface area contributed by atoms with E-state index in [0.29, 0.717) is 0 Å². The topological polar surface area (TPSA) is 243 Å². The summed E-state index contributed by atoms with van der Waals surface area (Å²) in [6.45, 7) is 3.66. The number of carbonyl (C=O) groups excluding carboxylic acids is 2. The van der Waals surface area contributed by atoms with Crippen LogP contribution in [0.25, 0.3) is 22.3 Å². The zero-order chi connectivity index (χ0) is 32.9. The third-order valence-corrected chi connectivity index (χ3v) is 7.88. The highest BCUT2D eigenvalue weighted by Crippen LogP contribution is 2.39. The van der Waals surface area contributed by atoms with Crippen LogP contribution in [0.2, 0.25) is 0 Å². The molecule has 0 radical (unpaired) electrons. The fraction of sp³-hybridized carbons (Fsp3) is 0.433. The Balaban J connectivity index is 1.61. The predicted molar refractivity (Wildman–Crippen MR) is 150 cm³/mol. The van der Waals surface area contributed by atoms with E-state index in [1.807, 2.05) is 0 Å². The molecule has 0 spiro atoms. The molecule has 45 heavy (non-hydrogen) atoms. The number of phenols is 2. The molecule has 15 heteroatoms. The second-order valence-electron chi connectivity index (χ2n) is 11.0. The molecule has 2 fully saturated rings. The molecule has 1 aromatic heterocycles. The standard InChI is InChI=1S/C30H32O15/c1-10(31)18-22(36)19(11(2)32)29(45-28(18)40)44-27-23(37)20-16(34)8-15(42-30-25(39)24(38)21(35)12(3)41-30)9-17(20)43-26(27)13-4-6-14(33)7-5-13/h4-9,12,18-19,21-22,24-25,28-30,33-36,38-40H,1-3H3/t12-,18+,19-,21+,22+,24-,25+,28+,29+,30-/m0/s1. The zero-order valence-electron chi connectivity index (χ0n) is 24.1. The van der Waals surface area contributed by atoms with Crippen LogP contribution in [0.3, 0.4) is 0 Å². The lowest BCUT2D eigenvalue weighted by Crippen LogP contribution is -2.58. The van der Waals surface area contributed by atoms with Gasteiger partial charge < -0.3 is 59.1 Å². The maximum absolute atomic E-state index is 13.9. The summed E-state index contributed by atoms with van der Waals surface area (Å²) < 4.78 is 28.3. The maximum Gasteiger partial charge on any atom is 0.239 e. The Kier molecular flexibility index (Phi) is 8.88. The van der Waals surface area contributed by atoms with Crippen molar-refractivity contribution in [2.24, 2.45) is 11.8 Å². The van der Waals surface area contributed by atoms with Crippen LogP contribution in [0, 0.1) is 11.8 Å². The van der Waals surface area contributed by atoms with Gasteiger partial charge >= 0.3 is 0 Å². The third-order valence-electron chi connectivity index (χ3n) is 7.88. The van der Waals surface area contributed by atoms with Gasteiger partial charge in [-0.25, -0.2) is 0 Å². The van der Waals surface area contributed by atoms with Crippen LogP contribution in [0.4, 0.5) is 0 Å². The van der Waals surface area contributed by atoms with Gasteiger partial charge in [-0.3, -0.25) is 14.4 Å². The van der Waals surface area contributed by atoms with E-state index in [-0.39, 0.29) is 28.4 Å². The van der Waals surface area contributed by atoms with E-state index in [1.165, 1.54) is 37.3 Å². The Morgan fingerprint density at radius 2 is 1.42 bits per heavy atom. The van der Waals surface area contributed by atoms with Gasteiger partial charge in [0.15, 0.2) is 12.1 Å². The number of aromatic hydroxyl groups is 2. The van der Waals surface area contributed by atoms with Crippen molar-refractivity contribution in [3.63, 3.8) is 0 Å². The number of rotatable bonds is 7. The first-order valence-electron chi connectivity index (χ1n) is 13.9. The molecule has 0 amide bonds. The normalized spacial score (nSPS) is 31.8. The summed E-state index contributed by atoms with van der Waals surface area (Å²) in [5.41, 5.74) is -1.07. The van der Waals surface area contributed by atoms with Crippen LogP contribution < -0.4 is 14.9 Å². The molecule has 3 aromatic rings. The van der Waals surface area contributed by atoms with Crippen molar-refractivity contribution in [1.29, 1.82) is 0 Å². The fourth-order valence-electron chi connectivity index (χ4n) is 5.43. The van der Waals surface area contributed by atoms with E-state index in [1.54, 1.807) is 0 Å². The monoisotopic (exact) mass is 632 g/mol. The summed E-state index contributed by atoms with van der Waals surface area (Å²) in [6.07, 6.45) is -12.5. The zero-order valence-corrected chi connectivity index (χ0v) is 24.1. The Morgan fingerprint density at radius 3 is 2.04 bits per heavy atom. The first-order chi connectivity index (χ1) is 21.2. The van der Waals surface area contributed by atoms with Gasteiger partial charge in [0.25, 0.3) is 0 Å². The van der Waals surface area contributed by atoms with E-state index in [9.17, 15) is 50.1 Å². The number of aliphatic hydroxyl groups excluding tert-OH is 5. The molecule has 0 bridgehead atoms. The van der Waals surface area contributed by atoms with Gasteiger partial charge in [-0.15, -0.1) is 0 Å². The molecule has 2 saturated heterocycles. The SMILES string of the molecule is CC(=O)[C@@H]1[C@H](Oc2c(-c3ccc(O)cc3)oc3cc(O[C@@H]4O[C@@H](C)[C@@H](O)[C@H](O)[C@H]4O)cc(O)c3c2=O)O[C@@H](O)[C@H](C(C)=O)[C@H]1O. The predicted octanol–water partition coefficient (Wildman–Crippen LogP) is -0.0977. The lowest BCUT2D eigenvalue weighted by Gasteiger charge is -2.40. The quantitative estimate of drug-likeness (QED) is 0.180. The van der Waals surface area contributed by atoms with Crippen molar-refractivity contribution in [3.8, 4) is 34.3 Å². The van der Waals surface area contributed by atoms with Crippen LogP contribution in [0.5, 0.6) is 23.0 Å². The van der Waals surface area contributed by atoms with Crippen LogP contribution in [-0.2, 0) is 19.1 Å². The first-order valence-corrected chi connectivity index (χ1v) is 13.9. The van der Waals surface area contributed by atoms with Crippen LogP contribution in [0.15, 0.2) is 45.6 Å². The van der Waals surface area contributed by atoms with Crippen molar-refractivity contribution in [1.82, 2.24) is 0 Å². The molecule has 2 aromatic carbocycles. The molecule has 0 aliphatic carbocycles. The highest BCUT2D eigenvalue weighted by atomic mass is 16.7. The Bertz CT molecular complexity index is 1650. The molecule has 2 aliphatic rings. The minimum atomic E-state index is -1.89. The van der Waals surface area contributed by atoms with Crippen molar-refractivity contribution in [2.45, 2.75) is 70.2 Å². The summed E-state index contributed by atoms with van der Waals surface area (Å²) in [7, 11) is 0. The summed E-state index contributed by atoms with van der Waals surface area (Å²) in [6, 6.07) is 7.48. The second kappa shape index (κ2) is 12.4. The minimum Gasteiger partial charge on any atom is -0.508 e. The van der Waals surface area contributed by atoms with Gasteiger partial charge in [0.1, 0.15) is 64.0 Å². The molecular formula is C30H32O15. The van der Waals surface area contributed by atoms with Gasteiger partial charge in [-0.1, -0.05) is 0 Å². The van der Waals surface area contributed by atoms with Crippen LogP contribution in [-0.4, -0.2) is 96.7 Å². The number of fused-ring (bicyclic) bond motifs is 1. The molecule has 3 heterocycles. The van der Waals surface area contributed by atoms with E-state index in [2.05, 4.69) is 0 Å². The molecule has 0 unspecified atom stereocenters. The summed E-state index contributed by atoms with van der Waals surface area (Å²) >= 11 is 0. The van der Waals surface area contributed by atoms with Gasteiger partial charge in [0, 0.05) is 17.7 Å². The Morgan fingerprint density at radius 1 is 0.778 bits per heavy atom. The molecule has 7 N–H and O–H groups in total. The average molecular weight is 633 g/mol. The number of hydrogen-bond donors (Lipinski definition) is 7. The molecule has 242 valence electrons. The molecule has 15 nitrogen and oxygen atoms in total. The van der Waals surface area contributed by atoms with Crippen molar-refractivity contribution in [3.05, 3.63) is 46.6 Å². The van der Waals surface area contributed by atoms with Crippen molar-refractivity contribution < 1.29 is 68.7 Å². The first kappa shape index (κ1) is 32.3.